The van der Waals surface area contributed by atoms with E-state index < -0.39 is 0 Å². The van der Waals surface area contributed by atoms with Crippen LogP contribution in [0, 0.1) is 0 Å². The van der Waals surface area contributed by atoms with Gasteiger partial charge in [0, 0.05) is 19.0 Å². The zero-order valence-corrected chi connectivity index (χ0v) is 8.20. The van der Waals surface area contributed by atoms with Crippen molar-refractivity contribution in [2.24, 2.45) is 0 Å². The smallest absolute Gasteiger partial charge is 0.0823 e. The fraction of sp³-hybridized carbons (Fsp3) is 0.500. The molecule has 0 amide bonds. The van der Waals surface area contributed by atoms with Gasteiger partial charge in [-0.2, -0.15) is 0 Å². The summed E-state index contributed by atoms with van der Waals surface area (Å²) in [4.78, 5) is 0. The molecule has 1 aliphatic carbocycles. The lowest BCUT2D eigenvalue weighted by Crippen LogP contribution is -2.49. The summed E-state index contributed by atoms with van der Waals surface area (Å²) < 4.78 is 5.78. The zero-order chi connectivity index (χ0) is 9.38. The van der Waals surface area contributed by atoms with E-state index in [1.807, 2.05) is 0 Å². The third-order valence-electron chi connectivity index (χ3n) is 3.24. The highest BCUT2D eigenvalue weighted by atomic mass is 16.5. The van der Waals surface area contributed by atoms with Gasteiger partial charge in [-0.1, -0.05) is 24.3 Å². The van der Waals surface area contributed by atoms with Gasteiger partial charge in [-0.3, -0.25) is 0 Å². The fourth-order valence-corrected chi connectivity index (χ4v) is 2.14. The van der Waals surface area contributed by atoms with Gasteiger partial charge in [-0.15, -0.1) is 0 Å². The molecule has 0 aromatic heterocycles. The maximum atomic E-state index is 5.78. The first kappa shape index (κ1) is 8.45. The molecule has 2 aliphatic rings. The second-order valence-electron chi connectivity index (χ2n) is 4.21. The van der Waals surface area contributed by atoms with E-state index in [0.717, 1.165) is 19.7 Å². The van der Waals surface area contributed by atoms with Crippen molar-refractivity contribution in [3.63, 3.8) is 0 Å². The lowest BCUT2D eigenvalue weighted by atomic mass is 9.78. The molecule has 1 heterocycles. The largest absolute Gasteiger partial charge is 0.375 e. The number of ether oxygens (including phenoxy) is 1. The van der Waals surface area contributed by atoms with Crippen LogP contribution in [0.3, 0.4) is 0 Å². The van der Waals surface area contributed by atoms with Gasteiger partial charge in [-0.05, 0) is 17.5 Å². The first-order valence-corrected chi connectivity index (χ1v) is 5.33. The van der Waals surface area contributed by atoms with Crippen LogP contribution in [-0.2, 0) is 11.2 Å². The van der Waals surface area contributed by atoms with Gasteiger partial charge in [0.05, 0.1) is 12.7 Å². The Morgan fingerprint density at radius 2 is 2.14 bits per heavy atom. The maximum Gasteiger partial charge on any atom is 0.0823 e. The third-order valence-corrected chi connectivity index (χ3v) is 3.24. The summed E-state index contributed by atoms with van der Waals surface area (Å²) in [6, 6.07) is 8.68. The van der Waals surface area contributed by atoms with Gasteiger partial charge in [0.15, 0.2) is 0 Å². The average molecular weight is 189 g/mol. The molecule has 0 saturated carbocycles. The summed E-state index contributed by atoms with van der Waals surface area (Å²) in [5, 5.41) is 3.22. The minimum atomic E-state index is 0.475. The first-order chi connectivity index (χ1) is 6.93. The normalized spacial score (nSPS) is 25.0. The van der Waals surface area contributed by atoms with Gasteiger partial charge in [0.1, 0.15) is 0 Å². The standard InChI is InChI=1S/C12H15NO/c1-2-4-12-9(3-1)5-10(12)8-14-11-6-13-7-11/h1-4,10-11,13H,5-8H2. The summed E-state index contributed by atoms with van der Waals surface area (Å²) in [5.41, 5.74) is 3.01. The van der Waals surface area contributed by atoms with Gasteiger partial charge in [0.25, 0.3) is 0 Å². The minimum Gasteiger partial charge on any atom is -0.375 e. The molecule has 1 unspecified atom stereocenters. The SMILES string of the molecule is c1ccc2c(c1)CC2COC1CNC1. The summed E-state index contributed by atoms with van der Waals surface area (Å²) in [7, 11) is 0. The molecule has 1 aromatic carbocycles. The Labute approximate surface area is 84.3 Å². The van der Waals surface area contributed by atoms with Crippen molar-refractivity contribution in [2.75, 3.05) is 19.7 Å². The van der Waals surface area contributed by atoms with E-state index in [1.54, 1.807) is 0 Å². The van der Waals surface area contributed by atoms with Crippen LogP contribution < -0.4 is 5.32 Å². The van der Waals surface area contributed by atoms with Gasteiger partial charge in [0.2, 0.25) is 0 Å². The highest BCUT2D eigenvalue weighted by molar-refractivity contribution is 5.39. The Morgan fingerprint density at radius 3 is 2.86 bits per heavy atom. The molecule has 1 aliphatic heterocycles. The topological polar surface area (TPSA) is 21.3 Å². The molecular formula is C12H15NO. The van der Waals surface area contributed by atoms with Crippen LogP contribution in [0.5, 0.6) is 0 Å². The van der Waals surface area contributed by atoms with Crippen LogP contribution in [0.15, 0.2) is 24.3 Å². The Bertz CT molecular complexity index is 333. The van der Waals surface area contributed by atoms with Crippen molar-refractivity contribution < 1.29 is 4.74 Å². The monoisotopic (exact) mass is 189 g/mol. The summed E-state index contributed by atoms with van der Waals surface area (Å²) in [5.74, 6) is 0.659. The van der Waals surface area contributed by atoms with Crippen LogP contribution in [0.1, 0.15) is 17.0 Å². The lowest BCUT2D eigenvalue weighted by molar-refractivity contribution is 0.00821. The first-order valence-electron chi connectivity index (χ1n) is 5.33. The van der Waals surface area contributed by atoms with E-state index >= 15 is 0 Å². The van der Waals surface area contributed by atoms with Crippen molar-refractivity contribution >= 4 is 0 Å². The number of nitrogens with one attached hydrogen (secondary N) is 1. The third kappa shape index (κ3) is 1.35. The highest BCUT2D eigenvalue weighted by Crippen LogP contribution is 2.34. The van der Waals surface area contributed by atoms with Crippen molar-refractivity contribution in [1.29, 1.82) is 0 Å². The summed E-state index contributed by atoms with van der Waals surface area (Å²) in [6.45, 7) is 2.98. The number of hydrogen-bond acceptors (Lipinski definition) is 2. The quantitative estimate of drug-likeness (QED) is 0.774. The van der Waals surface area contributed by atoms with Crippen molar-refractivity contribution in [3.05, 3.63) is 35.4 Å². The number of benzene rings is 1. The van der Waals surface area contributed by atoms with Crippen LogP contribution >= 0.6 is 0 Å². The van der Waals surface area contributed by atoms with Gasteiger partial charge < -0.3 is 10.1 Å². The second kappa shape index (κ2) is 3.37. The Kier molecular flexibility index (Phi) is 2.03. The van der Waals surface area contributed by atoms with E-state index in [1.165, 1.54) is 17.5 Å². The van der Waals surface area contributed by atoms with E-state index in [4.69, 9.17) is 4.74 Å². The molecule has 1 aromatic rings. The van der Waals surface area contributed by atoms with Crippen LogP contribution in [0.4, 0.5) is 0 Å². The Morgan fingerprint density at radius 1 is 1.29 bits per heavy atom. The fourth-order valence-electron chi connectivity index (χ4n) is 2.14. The average Bonchev–Trinajstić information content (AvgIpc) is 2.10. The number of fused-ring (bicyclic) bond motifs is 1. The van der Waals surface area contributed by atoms with Gasteiger partial charge in [-0.25, -0.2) is 0 Å². The lowest BCUT2D eigenvalue weighted by Gasteiger charge is -2.34. The molecule has 0 radical (unpaired) electrons. The molecule has 74 valence electrons. The summed E-state index contributed by atoms with van der Waals surface area (Å²) in [6.07, 6.45) is 1.68. The molecule has 3 rings (SSSR count). The predicted molar refractivity (Wildman–Crippen MR) is 55.5 cm³/mol. The molecule has 1 N–H and O–H groups in total. The molecule has 0 bridgehead atoms. The van der Waals surface area contributed by atoms with E-state index in [0.29, 0.717) is 12.0 Å². The second-order valence-corrected chi connectivity index (χ2v) is 4.21. The van der Waals surface area contributed by atoms with Gasteiger partial charge >= 0.3 is 0 Å². The molecule has 1 saturated heterocycles. The molecule has 2 heteroatoms. The molecule has 14 heavy (non-hydrogen) atoms. The Balaban J connectivity index is 1.57. The number of hydrogen-bond donors (Lipinski definition) is 1. The molecular weight excluding hydrogens is 174 g/mol. The molecule has 1 fully saturated rings. The molecule has 1 atom stereocenters. The Hall–Kier alpha value is -0.860. The molecule has 2 nitrogen and oxygen atoms in total. The minimum absolute atomic E-state index is 0.475. The summed E-state index contributed by atoms with van der Waals surface area (Å²) >= 11 is 0. The van der Waals surface area contributed by atoms with Crippen LogP contribution in [0.2, 0.25) is 0 Å². The van der Waals surface area contributed by atoms with Crippen molar-refractivity contribution in [3.8, 4) is 0 Å². The van der Waals surface area contributed by atoms with E-state index in [-0.39, 0.29) is 0 Å². The van der Waals surface area contributed by atoms with Crippen molar-refractivity contribution in [1.82, 2.24) is 5.32 Å². The maximum absolute atomic E-state index is 5.78. The van der Waals surface area contributed by atoms with E-state index in [9.17, 15) is 0 Å². The zero-order valence-electron chi connectivity index (χ0n) is 8.20. The predicted octanol–water partition coefficient (Wildman–Crippen LogP) is 1.31. The van der Waals surface area contributed by atoms with Crippen molar-refractivity contribution in [2.45, 2.75) is 18.4 Å². The van der Waals surface area contributed by atoms with Crippen LogP contribution in [-0.4, -0.2) is 25.8 Å². The number of rotatable bonds is 3. The molecule has 0 spiro atoms. The van der Waals surface area contributed by atoms with E-state index in [2.05, 4.69) is 29.6 Å². The van der Waals surface area contributed by atoms with Crippen LogP contribution in [0.25, 0.3) is 0 Å². The highest BCUT2D eigenvalue weighted by Gasteiger charge is 2.27.